The van der Waals surface area contributed by atoms with Crippen LogP contribution in [0.4, 0.5) is 0 Å². The van der Waals surface area contributed by atoms with E-state index in [-0.39, 0.29) is 5.75 Å². The Morgan fingerprint density at radius 2 is 2.29 bits per heavy atom. The molecular weight excluding hydrogens is 252 g/mol. The third kappa shape index (κ3) is 2.85. The van der Waals surface area contributed by atoms with Crippen molar-refractivity contribution >= 4 is 28.2 Å². The molecule has 0 unspecified atom stereocenters. The summed E-state index contributed by atoms with van der Waals surface area (Å²) in [7, 11) is 0. The summed E-state index contributed by atoms with van der Waals surface area (Å²) in [4.78, 5) is 20.8. The Labute approximate surface area is 88.6 Å². The third-order valence-electron chi connectivity index (χ3n) is 1.45. The second kappa shape index (κ2) is 4.76. The van der Waals surface area contributed by atoms with Crippen LogP contribution in [0.5, 0.6) is 5.75 Å². The number of hydrogen-bond donors (Lipinski definition) is 1. The second-order valence-corrected chi connectivity index (χ2v) is 3.40. The quantitative estimate of drug-likeness (QED) is 0.836. The van der Waals surface area contributed by atoms with Gasteiger partial charge in [-0.3, -0.25) is 4.79 Å². The topological polar surface area (TPSA) is 63.6 Å². The second-order valence-electron chi connectivity index (χ2n) is 2.48. The lowest BCUT2D eigenvalue weighted by Crippen LogP contribution is -2.10. The van der Waals surface area contributed by atoms with E-state index >= 15 is 0 Å². The van der Waals surface area contributed by atoms with E-state index < -0.39 is 12.6 Å². The van der Waals surface area contributed by atoms with Gasteiger partial charge in [0.1, 0.15) is 5.75 Å². The van der Waals surface area contributed by atoms with Crippen LogP contribution >= 0.6 is 15.9 Å². The van der Waals surface area contributed by atoms with Gasteiger partial charge in [0.25, 0.3) is 0 Å². The molecule has 0 spiro atoms. The van der Waals surface area contributed by atoms with E-state index in [1.807, 2.05) is 0 Å². The van der Waals surface area contributed by atoms with Crippen molar-refractivity contribution < 1.29 is 19.4 Å². The zero-order valence-corrected chi connectivity index (χ0v) is 8.65. The number of ether oxygens (including phenoxy) is 1. The Morgan fingerprint density at radius 3 is 2.86 bits per heavy atom. The lowest BCUT2D eigenvalue weighted by atomic mass is 10.2. The first-order valence-electron chi connectivity index (χ1n) is 3.73. The maximum absolute atomic E-state index is 10.5. The molecule has 0 bridgehead atoms. The van der Waals surface area contributed by atoms with Gasteiger partial charge < -0.3 is 9.84 Å². The molecule has 0 aliphatic rings. The van der Waals surface area contributed by atoms with Crippen molar-refractivity contribution in [3.05, 3.63) is 28.2 Å². The SMILES string of the molecule is O=Cc1ccc(Br)cc1OCC(=O)O. The van der Waals surface area contributed by atoms with Gasteiger partial charge >= 0.3 is 5.97 Å². The molecule has 1 aromatic carbocycles. The molecule has 0 aliphatic heterocycles. The van der Waals surface area contributed by atoms with Crippen LogP contribution in [-0.2, 0) is 4.79 Å². The Bertz CT molecular complexity index is 362. The van der Waals surface area contributed by atoms with Crippen molar-refractivity contribution in [3.63, 3.8) is 0 Å². The lowest BCUT2D eigenvalue weighted by molar-refractivity contribution is -0.139. The highest BCUT2D eigenvalue weighted by molar-refractivity contribution is 9.10. The summed E-state index contributed by atoms with van der Waals surface area (Å²) in [5.74, 6) is -0.821. The van der Waals surface area contributed by atoms with Gasteiger partial charge in [-0.25, -0.2) is 4.79 Å². The third-order valence-corrected chi connectivity index (χ3v) is 1.95. The molecule has 74 valence electrons. The average molecular weight is 259 g/mol. The lowest BCUT2D eigenvalue weighted by Gasteiger charge is -2.05. The van der Waals surface area contributed by atoms with Crippen molar-refractivity contribution in [1.82, 2.24) is 0 Å². The maximum Gasteiger partial charge on any atom is 0.341 e. The molecule has 0 aliphatic carbocycles. The molecule has 0 saturated heterocycles. The number of rotatable bonds is 4. The number of carbonyl (C=O) groups excluding carboxylic acids is 1. The van der Waals surface area contributed by atoms with Gasteiger partial charge in [-0.1, -0.05) is 15.9 Å². The minimum Gasteiger partial charge on any atom is -0.481 e. The smallest absolute Gasteiger partial charge is 0.341 e. The van der Waals surface area contributed by atoms with Crippen LogP contribution in [0.1, 0.15) is 10.4 Å². The standard InChI is InChI=1S/C9H7BrO4/c10-7-2-1-6(4-11)8(3-7)14-5-9(12)13/h1-4H,5H2,(H,12,13). The number of carbonyl (C=O) groups is 2. The maximum atomic E-state index is 10.5. The zero-order valence-electron chi connectivity index (χ0n) is 7.07. The van der Waals surface area contributed by atoms with Crippen molar-refractivity contribution in [1.29, 1.82) is 0 Å². The minimum absolute atomic E-state index is 0.261. The first-order valence-corrected chi connectivity index (χ1v) is 4.52. The summed E-state index contributed by atoms with van der Waals surface area (Å²) in [6.45, 7) is -0.461. The number of aldehydes is 1. The highest BCUT2D eigenvalue weighted by Gasteiger charge is 2.05. The summed E-state index contributed by atoms with van der Waals surface area (Å²) in [5.41, 5.74) is 0.328. The van der Waals surface area contributed by atoms with Crippen LogP contribution < -0.4 is 4.74 Å². The van der Waals surface area contributed by atoms with E-state index in [1.54, 1.807) is 18.2 Å². The summed E-state index contributed by atoms with van der Waals surface area (Å²) in [6.07, 6.45) is 0.615. The predicted molar refractivity (Wildman–Crippen MR) is 52.7 cm³/mol. The number of hydrogen-bond acceptors (Lipinski definition) is 3. The van der Waals surface area contributed by atoms with Gasteiger partial charge in [-0.15, -0.1) is 0 Å². The van der Waals surface area contributed by atoms with E-state index in [0.717, 1.165) is 4.47 Å². The number of carboxylic acid groups (broad SMARTS) is 1. The van der Waals surface area contributed by atoms with E-state index in [1.165, 1.54) is 0 Å². The molecule has 0 heterocycles. The molecule has 0 radical (unpaired) electrons. The number of carboxylic acids is 1. The van der Waals surface area contributed by atoms with Crippen molar-refractivity contribution in [2.75, 3.05) is 6.61 Å². The van der Waals surface area contributed by atoms with Crippen LogP contribution in [0.3, 0.4) is 0 Å². The van der Waals surface area contributed by atoms with Gasteiger partial charge in [0.15, 0.2) is 12.9 Å². The Hall–Kier alpha value is -1.36. The van der Waals surface area contributed by atoms with E-state index in [9.17, 15) is 9.59 Å². The molecular formula is C9H7BrO4. The van der Waals surface area contributed by atoms with Gasteiger partial charge in [-0.2, -0.15) is 0 Å². The first kappa shape index (κ1) is 10.7. The number of benzene rings is 1. The van der Waals surface area contributed by atoms with Gasteiger partial charge in [-0.05, 0) is 18.2 Å². The summed E-state index contributed by atoms with van der Waals surface area (Å²) in [5, 5.41) is 8.38. The summed E-state index contributed by atoms with van der Waals surface area (Å²) < 4.78 is 5.63. The summed E-state index contributed by atoms with van der Waals surface area (Å²) >= 11 is 3.19. The van der Waals surface area contributed by atoms with E-state index in [4.69, 9.17) is 9.84 Å². The monoisotopic (exact) mass is 258 g/mol. The summed E-state index contributed by atoms with van der Waals surface area (Å²) in [6, 6.07) is 4.78. The van der Waals surface area contributed by atoms with Crippen molar-refractivity contribution in [3.8, 4) is 5.75 Å². The van der Waals surface area contributed by atoms with Gasteiger partial charge in [0.2, 0.25) is 0 Å². The first-order chi connectivity index (χ1) is 6.63. The fourth-order valence-electron chi connectivity index (χ4n) is 0.870. The molecule has 0 amide bonds. The molecule has 14 heavy (non-hydrogen) atoms. The van der Waals surface area contributed by atoms with Gasteiger partial charge in [0, 0.05) is 4.47 Å². The van der Waals surface area contributed by atoms with Gasteiger partial charge in [0.05, 0.1) is 5.56 Å². The number of aliphatic carboxylic acids is 1. The normalized spacial score (nSPS) is 9.50. The molecule has 0 fully saturated rings. The molecule has 0 aromatic heterocycles. The molecule has 1 N–H and O–H groups in total. The number of halogens is 1. The largest absolute Gasteiger partial charge is 0.481 e. The van der Waals surface area contributed by atoms with Crippen LogP contribution in [0.2, 0.25) is 0 Å². The zero-order chi connectivity index (χ0) is 10.6. The highest BCUT2D eigenvalue weighted by Crippen LogP contribution is 2.22. The molecule has 5 heteroatoms. The van der Waals surface area contributed by atoms with Crippen LogP contribution in [0, 0.1) is 0 Å². The van der Waals surface area contributed by atoms with Crippen LogP contribution in [-0.4, -0.2) is 24.0 Å². The Morgan fingerprint density at radius 1 is 1.57 bits per heavy atom. The highest BCUT2D eigenvalue weighted by atomic mass is 79.9. The Kier molecular flexibility index (Phi) is 3.64. The fraction of sp³-hybridized carbons (Fsp3) is 0.111. The molecule has 1 aromatic rings. The van der Waals surface area contributed by atoms with Crippen LogP contribution in [0.25, 0.3) is 0 Å². The van der Waals surface area contributed by atoms with Crippen molar-refractivity contribution in [2.45, 2.75) is 0 Å². The molecule has 4 nitrogen and oxygen atoms in total. The average Bonchev–Trinajstić information content (AvgIpc) is 2.15. The van der Waals surface area contributed by atoms with E-state index in [2.05, 4.69) is 15.9 Å². The molecule has 1 rings (SSSR count). The fourth-order valence-corrected chi connectivity index (χ4v) is 1.21. The molecule has 0 saturated carbocycles. The Balaban J connectivity index is 2.87. The van der Waals surface area contributed by atoms with E-state index in [0.29, 0.717) is 11.8 Å². The van der Waals surface area contributed by atoms with Crippen molar-refractivity contribution in [2.24, 2.45) is 0 Å². The predicted octanol–water partition coefficient (Wildman–Crippen LogP) is 1.72. The molecule has 0 atom stereocenters. The minimum atomic E-state index is -1.08. The van der Waals surface area contributed by atoms with Crippen LogP contribution in [0.15, 0.2) is 22.7 Å².